The van der Waals surface area contributed by atoms with Crippen molar-refractivity contribution in [3.05, 3.63) is 59.9 Å². The van der Waals surface area contributed by atoms with E-state index in [2.05, 4.69) is 26.2 Å². The van der Waals surface area contributed by atoms with Gasteiger partial charge in [-0.05, 0) is 52.7 Å². The first-order valence-electron chi connectivity index (χ1n) is 8.32. The zero-order valence-electron chi connectivity index (χ0n) is 14.2. The highest BCUT2D eigenvalue weighted by atomic mass is 16.5. The van der Waals surface area contributed by atoms with Crippen LogP contribution in [0.25, 0.3) is 5.69 Å². The monoisotopic (exact) mass is 350 g/mol. The third kappa shape index (κ3) is 3.34. The van der Waals surface area contributed by atoms with Gasteiger partial charge in [0.25, 0.3) is 0 Å². The fraction of sp³-hybridized carbons (Fsp3) is 0.222. The Kier molecular flexibility index (Phi) is 4.22. The van der Waals surface area contributed by atoms with Crippen LogP contribution in [0.4, 0.5) is 10.5 Å². The second-order valence-electron chi connectivity index (χ2n) is 6.14. The van der Waals surface area contributed by atoms with Crippen molar-refractivity contribution in [2.75, 3.05) is 11.9 Å². The number of aryl methyl sites for hydroxylation is 1. The Morgan fingerprint density at radius 2 is 2.19 bits per heavy atom. The molecule has 0 bridgehead atoms. The van der Waals surface area contributed by atoms with Crippen LogP contribution < -0.4 is 15.4 Å². The van der Waals surface area contributed by atoms with Gasteiger partial charge in [-0.2, -0.15) is 0 Å². The molecule has 0 saturated heterocycles. The highest BCUT2D eigenvalue weighted by Gasteiger charge is 2.22. The predicted molar refractivity (Wildman–Crippen MR) is 95.5 cm³/mol. The summed E-state index contributed by atoms with van der Waals surface area (Å²) in [4.78, 5) is 12.2. The largest absolute Gasteiger partial charge is 0.488 e. The lowest BCUT2D eigenvalue weighted by atomic mass is 10.1. The van der Waals surface area contributed by atoms with Crippen LogP contribution in [-0.2, 0) is 6.42 Å². The maximum atomic E-state index is 12.2. The fourth-order valence-electron chi connectivity index (χ4n) is 3.01. The number of carbonyl (C=O) groups excluding carboxylic acids is 1. The average molecular weight is 350 g/mol. The number of hydrogen-bond donors (Lipinski definition) is 2. The summed E-state index contributed by atoms with van der Waals surface area (Å²) in [6.45, 7) is 2.38. The number of fused-ring (bicyclic) bond motifs is 1. The van der Waals surface area contributed by atoms with E-state index in [9.17, 15) is 4.79 Å². The minimum Gasteiger partial charge on any atom is -0.488 e. The number of amides is 2. The number of anilines is 1. The van der Waals surface area contributed by atoms with E-state index in [0.717, 1.165) is 23.4 Å². The van der Waals surface area contributed by atoms with E-state index < -0.39 is 0 Å². The molecule has 0 aliphatic carbocycles. The molecule has 0 spiro atoms. The molecule has 1 aliphatic heterocycles. The van der Waals surface area contributed by atoms with E-state index in [-0.39, 0.29) is 12.1 Å². The number of nitrogens with one attached hydrogen (secondary N) is 2. The van der Waals surface area contributed by atoms with Gasteiger partial charge in [0.15, 0.2) is 0 Å². The Bertz CT molecular complexity index is 900. The smallest absolute Gasteiger partial charge is 0.319 e. The topological polar surface area (TPSA) is 94.0 Å². The SMILES string of the molecule is Cc1cc(NC(=O)NCC2Cc3ccccc3O2)ccc1-n1cnnn1. The molecule has 2 amide bonds. The first-order chi connectivity index (χ1) is 12.7. The standard InChI is InChI=1S/C18H18N6O2/c1-12-8-14(6-7-16(12)24-11-20-22-23-24)21-18(25)19-10-15-9-13-4-2-3-5-17(13)26-15/h2-8,11,15H,9-10H2,1H3,(H2,19,21,25). The predicted octanol–water partition coefficient (Wildman–Crippen LogP) is 2.10. The molecule has 0 radical (unpaired) electrons. The van der Waals surface area contributed by atoms with Crippen molar-refractivity contribution >= 4 is 11.7 Å². The number of ether oxygens (including phenoxy) is 1. The van der Waals surface area contributed by atoms with Gasteiger partial charge in [-0.25, -0.2) is 9.48 Å². The van der Waals surface area contributed by atoms with Gasteiger partial charge < -0.3 is 15.4 Å². The van der Waals surface area contributed by atoms with Crippen molar-refractivity contribution in [2.45, 2.75) is 19.4 Å². The molecule has 2 N–H and O–H groups in total. The molecule has 0 saturated carbocycles. The van der Waals surface area contributed by atoms with Crippen LogP contribution in [0.15, 0.2) is 48.8 Å². The zero-order valence-corrected chi connectivity index (χ0v) is 14.2. The third-order valence-corrected chi connectivity index (χ3v) is 4.25. The number of urea groups is 1. The molecule has 1 aliphatic rings. The number of aromatic nitrogens is 4. The summed E-state index contributed by atoms with van der Waals surface area (Å²) < 4.78 is 7.40. The summed E-state index contributed by atoms with van der Waals surface area (Å²) in [5, 5.41) is 16.8. The molecular weight excluding hydrogens is 332 g/mol. The molecule has 3 aromatic rings. The van der Waals surface area contributed by atoms with Crippen LogP contribution in [-0.4, -0.2) is 38.9 Å². The van der Waals surface area contributed by atoms with Gasteiger partial charge in [0.05, 0.1) is 12.2 Å². The Morgan fingerprint density at radius 3 is 2.96 bits per heavy atom. The van der Waals surface area contributed by atoms with E-state index in [1.54, 1.807) is 4.68 Å². The highest BCUT2D eigenvalue weighted by molar-refractivity contribution is 5.89. The maximum absolute atomic E-state index is 12.2. The Morgan fingerprint density at radius 1 is 1.31 bits per heavy atom. The molecule has 2 aromatic carbocycles. The van der Waals surface area contributed by atoms with Gasteiger partial charge in [0.1, 0.15) is 18.2 Å². The first-order valence-corrected chi connectivity index (χ1v) is 8.32. The Hall–Kier alpha value is -3.42. The number of carbonyl (C=O) groups is 1. The molecule has 0 fully saturated rings. The quantitative estimate of drug-likeness (QED) is 0.751. The van der Waals surface area contributed by atoms with Crippen molar-refractivity contribution in [2.24, 2.45) is 0 Å². The lowest BCUT2D eigenvalue weighted by Crippen LogP contribution is -2.37. The summed E-state index contributed by atoms with van der Waals surface area (Å²) >= 11 is 0. The lowest BCUT2D eigenvalue weighted by Gasteiger charge is -2.13. The molecule has 132 valence electrons. The van der Waals surface area contributed by atoms with Gasteiger partial charge >= 0.3 is 6.03 Å². The summed E-state index contributed by atoms with van der Waals surface area (Å²) in [5.74, 6) is 0.897. The number of tetrazole rings is 1. The molecule has 1 unspecified atom stereocenters. The van der Waals surface area contributed by atoms with Crippen molar-refractivity contribution in [3.63, 3.8) is 0 Å². The van der Waals surface area contributed by atoms with Crippen LogP contribution in [0, 0.1) is 6.92 Å². The van der Waals surface area contributed by atoms with Crippen molar-refractivity contribution in [3.8, 4) is 11.4 Å². The minimum atomic E-state index is -0.265. The summed E-state index contributed by atoms with van der Waals surface area (Å²) in [5.41, 5.74) is 3.68. The summed E-state index contributed by atoms with van der Waals surface area (Å²) in [6.07, 6.45) is 2.29. The number of hydrogen-bond acceptors (Lipinski definition) is 5. The van der Waals surface area contributed by atoms with Gasteiger partial charge in [-0.1, -0.05) is 18.2 Å². The summed E-state index contributed by atoms with van der Waals surface area (Å²) in [7, 11) is 0. The molecular formula is C18H18N6O2. The molecule has 8 heteroatoms. The fourth-order valence-corrected chi connectivity index (χ4v) is 3.01. The lowest BCUT2D eigenvalue weighted by molar-refractivity contribution is 0.219. The molecule has 26 heavy (non-hydrogen) atoms. The average Bonchev–Trinajstić information content (AvgIpc) is 3.29. The number of rotatable bonds is 4. The van der Waals surface area contributed by atoms with Gasteiger partial charge in [0.2, 0.25) is 0 Å². The van der Waals surface area contributed by atoms with E-state index >= 15 is 0 Å². The van der Waals surface area contributed by atoms with Crippen molar-refractivity contribution < 1.29 is 9.53 Å². The van der Waals surface area contributed by atoms with E-state index in [4.69, 9.17) is 4.74 Å². The van der Waals surface area contributed by atoms with Gasteiger partial charge in [-0.15, -0.1) is 5.10 Å². The van der Waals surface area contributed by atoms with Crippen LogP contribution in [0.2, 0.25) is 0 Å². The number of nitrogens with zero attached hydrogens (tertiary/aromatic N) is 4. The first kappa shape index (κ1) is 16.1. The maximum Gasteiger partial charge on any atom is 0.319 e. The van der Waals surface area contributed by atoms with Crippen LogP contribution in [0.5, 0.6) is 5.75 Å². The van der Waals surface area contributed by atoms with E-state index in [1.165, 1.54) is 11.9 Å². The van der Waals surface area contributed by atoms with Gasteiger partial charge in [0, 0.05) is 12.1 Å². The molecule has 4 rings (SSSR count). The van der Waals surface area contributed by atoms with E-state index in [0.29, 0.717) is 12.2 Å². The Labute approximate surface area is 150 Å². The zero-order chi connectivity index (χ0) is 17.9. The van der Waals surface area contributed by atoms with Crippen LogP contribution >= 0.6 is 0 Å². The molecule has 2 heterocycles. The Balaban J connectivity index is 1.32. The molecule has 1 atom stereocenters. The number of para-hydroxylation sites is 1. The van der Waals surface area contributed by atoms with Crippen molar-refractivity contribution in [1.29, 1.82) is 0 Å². The van der Waals surface area contributed by atoms with E-state index in [1.807, 2.05) is 49.4 Å². The molecule has 8 nitrogen and oxygen atoms in total. The normalized spacial score (nSPS) is 15.2. The second-order valence-corrected chi connectivity index (χ2v) is 6.14. The highest BCUT2D eigenvalue weighted by Crippen LogP contribution is 2.27. The second kappa shape index (κ2) is 6.83. The molecule has 1 aromatic heterocycles. The van der Waals surface area contributed by atoms with Crippen LogP contribution in [0.3, 0.4) is 0 Å². The minimum absolute atomic E-state index is 0.0397. The van der Waals surface area contributed by atoms with Crippen molar-refractivity contribution in [1.82, 2.24) is 25.5 Å². The third-order valence-electron chi connectivity index (χ3n) is 4.25. The van der Waals surface area contributed by atoms with Crippen LogP contribution in [0.1, 0.15) is 11.1 Å². The number of benzene rings is 2. The summed E-state index contributed by atoms with van der Waals surface area (Å²) in [6, 6.07) is 13.2. The van der Waals surface area contributed by atoms with Gasteiger partial charge in [-0.3, -0.25) is 0 Å².